The summed E-state index contributed by atoms with van der Waals surface area (Å²) in [6, 6.07) is 5.98. The summed E-state index contributed by atoms with van der Waals surface area (Å²) in [6.07, 6.45) is 2.22. The Bertz CT molecular complexity index is 1120. The van der Waals surface area contributed by atoms with Gasteiger partial charge in [-0.2, -0.15) is 4.31 Å². The Labute approximate surface area is 206 Å². The van der Waals surface area contributed by atoms with E-state index in [9.17, 15) is 18.0 Å². The number of amides is 2. The second-order valence-electron chi connectivity index (χ2n) is 8.29. The molecule has 0 unspecified atom stereocenters. The number of carbonyl (C=O) groups excluding carboxylic acids is 2. The zero-order chi connectivity index (χ0) is 24.9. The molecule has 2 aromatic rings. The predicted octanol–water partition coefficient (Wildman–Crippen LogP) is 3.55. The largest absolute Gasteiger partial charge is 0.355 e. The summed E-state index contributed by atoms with van der Waals surface area (Å²) in [4.78, 5) is 29.2. The fourth-order valence-corrected chi connectivity index (χ4v) is 7.04. The quantitative estimate of drug-likeness (QED) is 0.514. The van der Waals surface area contributed by atoms with Crippen LogP contribution in [-0.4, -0.2) is 62.7 Å². The Hall–Kier alpha value is -2.27. The molecule has 186 valence electrons. The van der Waals surface area contributed by atoms with E-state index in [-0.39, 0.29) is 16.7 Å². The van der Waals surface area contributed by atoms with Crippen LogP contribution in [0.15, 0.2) is 29.2 Å². The predicted molar refractivity (Wildman–Crippen MR) is 136 cm³/mol. The number of thiophene rings is 1. The van der Waals surface area contributed by atoms with Gasteiger partial charge in [-0.25, -0.2) is 8.42 Å². The maximum Gasteiger partial charge on any atom is 0.256 e. The van der Waals surface area contributed by atoms with Crippen molar-refractivity contribution in [1.29, 1.82) is 0 Å². The van der Waals surface area contributed by atoms with Gasteiger partial charge in [-0.15, -0.1) is 11.3 Å². The average Bonchev–Trinajstić information content (AvgIpc) is 3.20. The monoisotopic (exact) mass is 506 g/mol. The fraction of sp³-hybridized carbons (Fsp3) is 0.500. The molecule has 0 radical (unpaired) electrons. The van der Waals surface area contributed by atoms with Gasteiger partial charge in [0.05, 0.1) is 10.5 Å². The summed E-state index contributed by atoms with van der Waals surface area (Å²) in [5.74, 6) is -0.592. The number of sulfonamides is 1. The molecule has 1 aliphatic heterocycles. The van der Waals surface area contributed by atoms with Crippen LogP contribution in [0.2, 0.25) is 0 Å². The van der Waals surface area contributed by atoms with Crippen molar-refractivity contribution in [3.63, 3.8) is 0 Å². The molecule has 1 aromatic carbocycles. The van der Waals surface area contributed by atoms with Crippen LogP contribution in [0.1, 0.15) is 64.8 Å². The first-order valence-electron chi connectivity index (χ1n) is 11.8. The van der Waals surface area contributed by atoms with Gasteiger partial charge in [0.2, 0.25) is 10.0 Å². The zero-order valence-corrected chi connectivity index (χ0v) is 21.9. The molecule has 2 N–H and O–H groups in total. The molecule has 2 heterocycles. The van der Waals surface area contributed by atoms with Crippen LogP contribution in [0.25, 0.3) is 0 Å². The molecule has 0 fully saturated rings. The van der Waals surface area contributed by atoms with Crippen molar-refractivity contribution < 1.29 is 18.0 Å². The Morgan fingerprint density at radius 3 is 2.26 bits per heavy atom. The highest BCUT2D eigenvalue weighted by Crippen LogP contribution is 2.37. The van der Waals surface area contributed by atoms with Crippen molar-refractivity contribution in [2.45, 2.75) is 51.5 Å². The van der Waals surface area contributed by atoms with Crippen molar-refractivity contribution in [2.75, 3.05) is 38.5 Å². The lowest BCUT2D eigenvalue weighted by atomic mass is 10.0. The summed E-state index contributed by atoms with van der Waals surface area (Å²) >= 11 is 1.43. The standard InChI is InChI=1S/C24H34N4O4S2/c1-5-13-28(14-6-2)34(31,32)18-10-8-17(9-11-18)22(29)26-24-21(23(30)25-4)19-12-15-27(7-3)16-20(19)33-24/h8-11H,5-7,12-16H2,1-4H3,(H,25,30)(H,26,29). The first-order valence-corrected chi connectivity index (χ1v) is 14.0. The fourth-order valence-electron chi connectivity index (χ4n) is 4.13. The van der Waals surface area contributed by atoms with E-state index in [1.54, 1.807) is 7.05 Å². The summed E-state index contributed by atoms with van der Waals surface area (Å²) in [6.45, 7) is 9.47. The molecule has 0 saturated heterocycles. The van der Waals surface area contributed by atoms with Gasteiger partial charge in [-0.3, -0.25) is 14.5 Å². The smallest absolute Gasteiger partial charge is 0.256 e. The zero-order valence-electron chi connectivity index (χ0n) is 20.3. The number of hydrogen-bond acceptors (Lipinski definition) is 6. The van der Waals surface area contributed by atoms with Crippen molar-refractivity contribution in [2.24, 2.45) is 0 Å². The number of nitrogens with one attached hydrogen (secondary N) is 2. The summed E-state index contributed by atoms with van der Waals surface area (Å²) < 4.78 is 27.4. The number of nitrogens with zero attached hydrogens (tertiary/aromatic N) is 2. The van der Waals surface area contributed by atoms with Crippen LogP contribution in [0, 0.1) is 0 Å². The second kappa shape index (κ2) is 11.4. The Balaban J connectivity index is 1.84. The van der Waals surface area contributed by atoms with E-state index < -0.39 is 10.0 Å². The summed E-state index contributed by atoms with van der Waals surface area (Å²) in [7, 11) is -2.03. The van der Waals surface area contributed by atoms with Crippen molar-refractivity contribution in [3.05, 3.63) is 45.8 Å². The van der Waals surface area contributed by atoms with Crippen molar-refractivity contribution >= 4 is 38.2 Å². The van der Waals surface area contributed by atoms with E-state index in [1.807, 2.05) is 13.8 Å². The maximum absolute atomic E-state index is 13.0. The number of benzene rings is 1. The molecule has 0 aliphatic carbocycles. The first-order chi connectivity index (χ1) is 16.3. The van der Waals surface area contributed by atoms with Gasteiger partial charge < -0.3 is 10.6 Å². The van der Waals surface area contributed by atoms with Gasteiger partial charge in [0.25, 0.3) is 11.8 Å². The van der Waals surface area contributed by atoms with Gasteiger partial charge in [-0.05, 0) is 55.6 Å². The Morgan fingerprint density at radius 2 is 1.71 bits per heavy atom. The van der Waals surface area contributed by atoms with E-state index in [4.69, 9.17) is 0 Å². The van der Waals surface area contributed by atoms with Gasteiger partial charge >= 0.3 is 0 Å². The SMILES string of the molecule is CCCN(CCC)S(=O)(=O)c1ccc(C(=O)Nc2sc3c(c2C(=O)NC)CCN(CC)C3)cc1. The minimum Gasteiger partial charge on any atom is -0.355 e. The van der Waals surface area contributed by atoms with Crippen LogP contribution >= 0.6 is 11.3 Å². The molecule has 0 bridgehead atoms. The molecule has 10 heteroatoms. The lowest BCUT2D eigenvalue weighted by molar-refractivity contribution is 0.0962. The minimum atomic E-state index is -3.61. The third kappa shape index (κ3) is 5.51. The topological polar surface area (TPSA) is 98.8 Å². The highest BCUT2D eigenvalue weighted by atomic mass is 32.2. The molecule has 0 atom stereocenters. The molecule has 1 aliphatic rings. The Morgan fingerprint density at radius 1 is 1.06 bits per heavy atom. The van der Waals surface area contributed by atoms with Crippen LogP contribution in [-0.2, 0) is 23.0 Å². The van der Waals surface area contributed by atoms with E-state index in [2.05, 4.69) is 22.5 Å². The minimum absolute atomic E-state index is 0.170. The number of hydrogen-bond donors (Lipinski definition) is 2. The van der Waals surface area contributed by atoms with Gasteiger partial charge in [0, 0.05) is 43.7 Å². The van der Waals surface area contributed by atoms with Crippen LogP contribution in [0.5, 0.6) is 0 Å². The lowest BCUT2D eigenvalue weighted by Gasteiger charge is -2.25. The molecular formula is C24H34N4O4S2. The van der Waals surface area contributed by atoms with E-state index in [1.165, 1.54) is 39.9 Å². The molecule has 3 rings (SSSR count). The number of carbonyl (C=O) groups is 2. The summed E-state index contributed by atoms with van der Waals surface area (Å²) in [5, 5.41) is 6.11. The van der Waals surface area contributed by atoms with Crippen molar-refractivity contribution in [3.8, 4) is 0 Å². The lowest BCUT2D eigenvalue weighted by Crippen LogP contribution is -2.32. The van der Waals surface area contributed by atoms with Crippen LogP contribution < -0.4 is 10.6 Å². The third-order valence-electron chi connectivity index (χ3n) is 5.96. The van der Waals surface area contributed by atoms with Gasteiger partial charge in [-0.1, -0.05) is 20.8 Å². The van der Waals surface area contributed by atoms with E-state index in [0.717, 1.165) is 49.3 Å². The molecule has 8 nitrogen and oxygen atoms in total. The Kier molecular flexibility index (Phi) is 8.86. The number of rotatable bonds is 10. The molecule has 1 aromatic heterocycles. The maximum atomic E-state index is 13.0. The number of fused-ring (bicyclic) bond motifs is 1. The van der Waals surface area contributed by atoms with E-state index in [0.29, 0.717) is 29.2 Å². The van der Waals surface area contributed by atoms with Crippen molar-refractivity contribution in [1.82, 2.24) is 14.5 Å². The highest BCUT2D eigenvalue weighted by Gasteiger charge is 2.28. The molecule has 0 saturated carbocycles. The average molecular weight is 507 g/mol. The number of anilines is 1. The number of likely N-dealkylation sites (N-methyl/N-ethyl adjacent to an activating group) is 1. The van der Waals surface area contributed by atoms with Gasteiger partial charge in [0.15, 0.2) is 0 Å². The van der Waals surface area contributed by atoms with Gasteiger partial charge in [0.1, 0.15) is 5.00 Å². The molecule has 2 amide bonds. The van der Waals surface area contributed by atoms with Crippen LogP contribution in [0.4, 0.5) is 5.00 Å². The van der Waals surface area contributed by atoms with Crippen LogP contribution in [0.3, 0.4) is 0 Å². The first kappa shape index (κ1) is 26.3. The molecule has 34 heavy (non-hydrogen) atoms. The summed E-state index contributed by atoms with van der Waals surface area (Å²) in [5.41, 5.74) is 1.86. The normalized spacial score (nSPS) is 14.1. The molecular weight excluding hydrogens is 472 g/mol. The molecule has 0 spiro atoms. The highest BCUT2D eigenvalue weighted by molar-refractivity contribution is 7.89. The third-order valence-corrected chi connectivity index (χ3v) is 9.01. The van der Waals surface area contributed by atoms with E-state index >= 15 is 0 Å². The second-order valence-corrected chi connectivity index (χ2v) is 11.3.